The first-order valence-electron chi connectivity index (χ1n) is 6.06. The number of imidazole rings is 1. The highest BCUT2D eigenvalue weighted by Gasteiger charge is 2.16. The third-order valence-electron chi connectivity index (χ3n) is 2.96. The number of aromatic nitrogens is 2. The lowest BCUT2D eigenvalue weighted by atomic mass is 10.1. The molecular formula is C12H21N3O. The number of hydrogen-bond acceptors (Lipinski definition) is 3. The van der Waals surface area contributed by atoms with E-state index in [2.05, 4.69) is 34.9 Å². The highest BCUT2D eigenvalue weighted by molar-refractivity contribution is 5.31. The maximum atomic E-state index is 5.35. The van der Waals surface area contributed by atoms with E-state index in [0.717, 1.165) is 37.7 Å². The van der Waals surface area contributed by atoms with E-state index >= 15 is 0 Å². The molecule has 0 bridgehead atoms. The van der Waals surface area contributed by atoms with Gasteiger partial charge in [-0.2, -0.15) is 0 Å². The van der Waals surface area contributed by atoms with Crippen molar-refractivity contribution in [2.45, 2.75) is 45.7 Å². The molecule has 0 unspecified atom stereocenters. The highest BCUT2D eigenvalue weighted by Crippen LogP contribution is 2.18. The molecule has 1 aliphatic rings. The van der Waals surface area contributed by atoms with E-state index in [-0.39, 0.29) is 0 Å². The van der Waals surface area contributed by atoms with Gasteiger partial charge in [0.05, 0.1) is 5.69 Å². The topological polar surface area (TPSA) is 39.1 Å². The zero-order chi connectivity index (χ0) is 11.5. The monoisotopic (exact) mass is 223 g/mol. The van der Waals surface area contributed by atoms with E-state index in [4.69, 9.17) is 4.74 Å². The lowest BCUT2D eigenvalue weighted by molar-refractivity contribution is 0.0902. The van der Waals surface area contributed by atoms with Crippen molar-refractivity contribution < 1.29 is 4.74 Å². The molecule has 2 rings (SSSR count). The predicted octanol–water partition coefficient (Wildman–Crippen LogP) is 2.36. The second-order valence-electron chi connectivity index (χ2n) is 4.74. The van der Waals surface area contributed by atoms with Crippen LogP contribution in [0, 0.1) is 6.92 Å². The number of nitrogens with one attached hydrogen (secondary N) is 1. The van der Waals surface area contributed by atoms with Crippen molar-refractivity contribution in [3.05, 3.63) is 11.9 Å². The van der Waals surface area contributed by atoms with E-state index in [0.29, 0.717) is 12.1 Å². The molecule has 0 amide bonds. The molecule has 1 aromatic rings. The Bertz CT molecular complexity index is 340. The quantitative estimate of drug-likeness (QED) is 0.855. The van der Waals surface area contributed by atoms with Gasteiger partial charge in [-0.05, 0) is 33.6 Å². The third kappa shape index (κ3) is 2.55. The molecular weight excluding hydrogens is 202 g/mol. The molecule has 0 atom stereocenters. The summed E-state index contributed by atoms with van der Waals surface area (Å²) in [6.07, 6.45) is 4.25. The Morgan fingerprint density at radius 3 is 2.75 bits per heavy atom. The summed E-state index contributed by atoms with van der Waals surface area (Å²) in [6, 6.07) is 0.955. The van der Waals surface area contributed by atoms with E-state index < -0.39 is 0 Å². The normalized spacial score (nSPS) is 18.0. The summed E-state index contributed by atoms with van der Waals surface area (Å²) in [5.74, 6) is 0.999. The minimum absolute atomic E-state index is 0.448. The lowest BCUT2D eigenvalue weighted by Gasteiger charge is -2.24. The number of ether oxygens (including phenoxy) is 1. The lowest BCUT2D eigenvalue weighted by Crippen LogP contribution is -2.29. The molecule has 1 aromatic heterocycles. The number of rotatable bonds is 3. The van der Waals surface area contributed by atoms with Crippen LogP contribution in [0.2, 0.25) is 0 Å². The van der Waals surface area contributed by atoms with Gasteiger partial charge in [-0.15, -0.1) is 0 Å². The molecule has 0 saturated carbocycles. The van der Waals surface area contributed by atoms with Crippen molar-refractivity contribution in [1.82, 2.24) is 9.55 Å². The van der Waals surface area contributed by atoms with Crippen LogP contribution in [0.4, 0.5) is 5.95 Å². The fraction of sp³-hybridized carbons (Fsp3) is 0.750. The highest BCUT2D eigenvalue weighted by atomic mass is 16.5. The molecule has 4 heteroatoms. The van der Waals surface area contributed by atoms with E-state index in [1.807, 2.05) is 6.92 Å². The van der Waals surface area contributed by atoms with Gasteiger partial charge in [0.15, 0.2) is 0 Å². The molecule has 0 radical (unpaired) electrons. The Morgan fingerprint density at radius 1 is 1.44 bits per heavy atom. The van der Waals surface area contributed by atoms with Gasteiger partial charge in [-0.1, -0.05) is 0 Å². The van der Waals surface area contributed by atoms with E-state index in [9.17, 15) is 0 Å². The molecule has 1 N–H and O–H groups in total. The van der Waals surface area contributed by atoms with Gasteiger partial charge in [0.2, 0.25) is 5.95 Å². The Balaban J connectivity index is 2.07. The molecule has 4 nitrogen and oxygen atoms in total. The van der Waals surface area contributed by atoms with Crippen LogP contribution < -0.4 is 5.32 Å². The predicted molar refractivity (Wildman–Crippen MR) is 64.8 cm³/mol. The van der Waals surface area contributed by atoms with E-state index in [1.165, 1.54) is 0 Å². The van der Waals surface area contributed by atoms with Crippen molar-refractivity contribution in [2.75, 3.05) is 18.5 Å². The van der Waals surface area contributed by atoms with Gasteiger partial charge in [-0.25, -0.2) is 4.98 Å². The van der Waals surface area contributed by atoms with Crippen LogP contribution in [-0.4, -0.2) is 28.8 Å². The first-order valence-corrected chi connectivity index (χ1v) is 6.06. The zero-order valence-electron chi connectivity index (χ0n) is 10.4. The van der Waals surface area contributed by atoms with Gasteiger partial charge >= 0.3 is 0 Å². The molecule has 1 saturated heterocycles. The summed E-state index contributed by atoms with van der Waals surface area (Å²) in [5, 5.41) is 3.52. The summed E-state index contributed by atoms with van der Waals surface area (Å²) in [6.45, 7) is 8.11. The van der Waals surface area contributed by atoms with Crippen molar-refractivity contribution in [1.29, 1.82) is 0 Å². The largest absolute Gasteiger partial charge is 0.381 e. The molecule has 1 aliphatic heterocycles. The third-order valence-corrected chi connectivity index (χ3v) is 2.96. The van der Waals surface area contributed by atoms with Crippen molar-refractivity contribution in [3.63, 3.8) is 0 Å². The van der Waals surface area contributed by atoms with Gasteiger partial charge < -0.3 is 14.6 Å². The van der Waals surface area contributed by atoms with Crippen molar-refractivity contribution in [2.24, 2.45) is 0 Å². The summed E-state index contributed by atoms with van der Waals surface area (Å²) < 4.78 is 7.55. The molecule has 1 fully saturated rings. The maximum absolute atomic E-state index is 5.35. The molecule has 0 aliphatic carbocycles. The first-order chi connectivity index (χ1) is 7.66. The summed E-state index contributed by atoms with van der Waals surface area (Å²) in [5.41, 5.74) is 1.07. The Morgan fingerprint density at radius 2 is 2.12 bits per heavy atom. The Labute approximate surface area is 97.0 Å². The summed E-state index contributed by atoms with van der Waals surface area (Å²) in [4.78, 5) is 4.54. The minimum atomic E-state index is 0.448. The minimum Gasteiger partial charge on any atom is -0.381 e. The fourth-order valence-electron chi connectivity index (χ4n) is 2.04. The molecule has 0 aromatic carbocycles. The van der Waals surface area contributed by atoms with Crippen LogP contribution in [0.3, 0.4) is 0 Å². The smallest absolute Gasteiger partial charge is 0.203 e. The number of hydrogen-bond donors (Lipinski definition) is 1. The fourth-order valence-corrected chi connectivity index (χ4v) is 2.04. The van der Waals surface area contributed by atoms with Crippen molar-refractivity contribution in [3.8, 4) is 0 Å². The van der Waals surface area contributed by atoms with Gasteiger partial charge in [0.1, 0.15) is 0 Å². The average Bonchev–Trinajstić information content (AvgIpc) is 2.61. The Kier molecular flexibility index (Phi) is 3.49. The second kappa shape index (κ2) is 4.87. The van der Waals surface area contributed by atoms with Gasteiger partial charge in [0.25, 0.3) is 0 Å². The van der Waals surface area contributed by atoms with Crippen LogP contribution in [0.5, 0.6) is 0 Å². The SMILES string of the molecule is Cc1cn(C(C)C)c(NC2CCOCC2)n1. The summed E-state index contributed by atoms with van der Waals surface area (Å²) >= 11 is 0. The average molecular weight is 223 g/mol. The van der Waals surface area contributed by atoms with Crippen LogP contribution in [0.25, 0.3) is 0 Å². The Hall–Kier alpha value is -1.03. The van der Waals surface area contributed by atoms with Crippen LogP contribution in [0.1, 0.15) is 38.4 Å². The second-order valence-corrected chi connectivity index (χ2v) is 4.74. The zero-order valence-corrected chi connectivity index (χ0v) is 10.4. The maximum Gasteiger partial charge on any atom is 0.203 e. The molecule has 90 valence electrons. The van der Waals surface area contributed by atoms with Crippen LogP contribution in [0.15, 0.2) is 6.20 Å². The van der Waals surface area contributed by atoms with Gasteiger partial charge in [-0.3, -0.25) is 0 Å². The number of anilines is 1. The van der Waals surface area contributed by atoms with Crippen molar-refractivity contribution >= 4 is 5.95 Å². The summed E-state index contributed by atoms with van der Waals surface area (Å²) in [7, 11) is 0. The van der Waals surface area contributed by atoms with Crippen LogP contribution >= 0.6 is 0 Å². The molecule has 16 heavy (non-hydrogen) atoms. The molecule has 2 heterocycles. The number of aryl methyl sites for hydroxylation is 1. The van der Waals surface area contributed by atoms with Gasteiger partial charge in [0, 0.05) is 31.5 Å². The molecule has 0 spiro atoms. The van der Waals surface area contributed by atoms with E-state index in [1.54, 1.807) is 0 Å². The van der Waals surface area contributed by atoms with Crippen LogP contribution in [-0.2, 0) is 4.74 Å². The number of nitrogens with zero attached hydrogens (tertiary/aromatic N) is 2. The first kappa shape index (κ1) is 11.5. The standard InChI is InChI=1S/C12H21N3O/c1-9(2)15-8-10(3)13-12(15)14-11-4-6-16-7-5-11/h8-9,11H,4-7H2,1-3H3,(H,13,14).